The number of halogens is 5. The highest BCUT2D eigenvalue weighted by Crippen LogP contribution is 2.65. The maximum Gasteiger partial charge on any atom is 0.231 e. The van der Waals surface area contributed by atoms with E-state index >= 15 is 0 Å². The van der Waals surface area contributed by atoms with Gasteiger partial charge in [0.25, 0.3) is 0 Å². The molecule has 0 aromatic heterocycles. The minimum Gasteiger partial charge on any atom is -0.326 e. The number of alkyl halides is 2. The topological polar surface area (TPSA) is 46.2 Å². The summed E-state index contributed by atoms with van der Waals surface area (Å²) >= 11 is 25.0. The lowest BCUT2D eigenvalue weighted by molar-refractivity contribution is -0.117. The fourth-order valence-corrected chi connectivity index (χ4v) is 5.15. The fourth-order valence-electron chi connectivity index (χ4n) is 3.91. The van der Waals surface area contributed by atoms with Gasteiger partial charge in [0.05, 0.1) is 10.9 Å². The van der Waals surface area contributed by atoms with E-state index in [1.807, 2.05) is 30.3 Å². The first kappa shape index (κ1) is 24.0. The van der Waals surface area contributed by atoms with Gasteiger partial charge in [-0.05, 0) is 47.9 Å². The Morgan fingerprint density at radius 1 is 1.00 bits per heavy atom. The van der Waals surface area contributed by atoms with E-state index in [1.165, 1.54) is 18.2 Å². The molecule has 3 nitrogen and oxygen atoms in total. The Balaban J connectivity index is 1.54. The standard InChI is InChI=1S/C25H18Cl4FNO2/c1-13-17(21(32)9-14-5-3-2-4-6-14)11-16(12-18(13)26)31-24(33)23-22(25(23,28)29)15-7-8-20(30)19(27)10-15/h2-8,10-12,22-23H,9H2,1H3,(H,31,33). The number of carbonyl (C=O) groups is 2. The lowest BCUT2D eigenvalue weighted by Crippen LogP contribution is -2.18. The molecule has 0 aliphatic heterocycles. The number of anilines is 1. The summed E-state index contributed by atoms with van der Waals surface area (Å²) in [6.07, 6.45) is 0.206. The van der Waals surface area contributed by atoms with Crippen LogP contribution in [-0.2, 0) is 11.2 Å². The van der Waals surface area contributed by atoms with Crippen LogP contribution in [0.3, 0.4) is 0 Å². The van der Waals surface area contributed by atoms with Gasteiger partial charge in [0, 0.05) is 28.6 Å². The molecular weight excluding hydrogens is 507 g/mol. The van der Waals surface area contributed by atoms with Crippen molar-refractivity contribution < 1.29 is 14.0 Å². The zero-order valence-electron chi connectivity index (χ0n) is 17.3. The van der Waals surface area contributed by atoms with Gasteiger partial charge in [0.2, 0.25) is 5.91 Å². The Morgan fingerprint density at radius 3 is 2.36 bits per heavy atom. The van der Waals surface area contributed by atoms with Crippen molar-refractivity contribution in [3.05, 3.63) is 98.8 Å². The van der Waals surface area contributed by atoms with E-state index in [0.717, 1.165) is 5.56 Å². The molecule has 3 aromatic rings. The molecule has 1 fully saturated rings. The molecule has 0 radical (unpaired) electrons. The second-order valence-electron chi connectivity index (χ2n) is 8.01. The van der Waals surface area contributed by atoms with E-state index in [4.69, 9.17) is 46.4 Å². The summed E-state index contributed by atoms with van der Waals surface area (Å²) in [5.41, 5.74) is 2.85. The highest BCUT2D eigenvalue weighted by Gasteiger charge is 2.67. The van der Waals surface area contributed by atoms with E-state index in [2.05, 4.69) is 5.32 Å². The number of ketones is 1. The highest BCUT2D eigenvalue weighted by atomic mass is 35.5. The van der Waals surface area contributed by atoms with Crippen molar-refractivity contribution in [2.45, 2.75) is 23.6 Å². The van der Waals surface area contributed by atoms with Crippen LogP contribution in [0.4, 0.5) is 10.1 Å². The van der Waals surface area contributed by atoms with Crippen LogP contribution in [0.25, 0.3) is 0 Å². The first-order valence-electron chi connectivity index (χ1n) is 10.1. The van der Waals surface area contributed by atoms with Gasteiger partial charge in [-0.3, -0.25) is 9.59 Å². The highest BCUT2D eigenvalue weighted by molar-refractivity contribution is 6.53. The van der Waals surface area contributed by atoms with Crippen LogP contribution in [0.1, 0.15) is 33.0 Å². The summed E-state index contributed by atoms with van der Waals surface area (Å²) in [7, 11) is 0. The smallest absolute Gasteiger partial charge is 0.231 e. The second-order valence-corrected chi connectivity index (χ2v) is 10.3. The Hall–Kier alpha value is -2.11. The molecule has 33 heavy (non-hydrogen) atoms. The van der Waals surface area contributed by atoms with Gasteiger partial charge < -0.3 is 5.32 Å². The van der Waals surface area contributed by atoms with Gasteiger partial charge >= 0.3 is 0 Å². The zero-order valence-corrected chi connectivity index (χ0v) is 20.4. The first-order chi connectivity index (χ1) is 15.6. The summed E-state index contributed by atoms with van der Waals surface area (Å²) in [6.45, 7) is 1.75. The lowest BCUT2D eigenvalue weighted by Gasteiger charge is -2.12. The molecule has 1 aliphatic carbocycles. The maximum atomic E-state index is 13.5. The quantitative estimate of drug-likeness (QED) is 0.270. The number of hydrogen-bond donors (Lipinski definition) is 1. The van der Waals surface area contributed by atoms with E-state index in [1.54, 1.807) is 19.1 Å². The molecule has 8 heteroatoms. The number of Topliss-reactive ketones (excluding diaryl/α,β-unsaturated/α-hetero) is 1. The normalized spacial score (nSPS) is 18.6. The van der Waals surface area contributed by atoms with Crippen LogP contribution in [-0.4, -0.2) is 16.0 Å². The third kappa shape index (κ3) is 4.90. The number of carbonyl (C=O) groups excluding carboxylic acids is 2. The van der Waals surface area contributed by atoms with Crippen LogP contribution >= 0.6 is 46.4 Å². The zero-order chi connectivity index (χ0) is 23.9. The van der Waals surface area contributed by atoms with E-state index < -0.39 is 27.9 Å². The lowest BCUT2D eigenvalue weighted by atomic mass is 9.98. The Morgan fingerprint density at radius 2 is 1.70 bits per heavy atom. The number of amides is 1. The third-order valence-electron chi connectivity index (χ3n) is 5.76. The molecule has 2 unspecified atom stereocenters. The largest absolute Gasteiger partial charge is 0.326 e. The average Bonchev–Trinajstić information content (AvgIpc) is 3.35. The molecule has 1 saturated carbocycles. The van der Waals surface area contributed by atoms with E-state index in [0.29, 0.717) is 27.4 Å². The minimum absolute atomic E-state index is 0.0745. The Kier molecular flexibility index (Phi) is 6.75. The molecular formula is C25H18Cl4FNO2. The van der Waals surface area contributed by atoms with Crippen molar-refractivity contribution in [2.75, 3.05) is 5.32 Å². The molecule has 0 spiro atoms. The Bertz CT molecular complexity index is 1250. The van der Waals surface area contributed by atoms with E-state index in [-0.39, 0.29) is 17.2 Å². The summed E-state index contributed by atoms with van der Waals surface area (Å²) in [4.78, 5) is 25.9. The number of hydrogen-bond acceptors (Lipinski definition) is 2. The summed E-state index contributed by atoms with van der Waals surface area (Å²) in [6, 6.07) is 16.6. The van der Waals surface area contributed by atoms with Gasteiger partial charge in [-0.1, -0.05) is 59.6 Å². The molecule has 0 heterocycles. The Labute approximate surface area is 210 Å². The van der Waals surface area contributed by atoms with Crippen molar-refractivity contribution >= 4 is 63.8 Å². The van der Waals surface area contributed by atoms with Gasteiger partial charge in [-0.25, -0.2) is 4.39 Å². The SMILES string of the molecule is Cc1c(Cl)cc(NC(=O)C2C(c3ccc(F)c(Cl)c3)C2(Cl)Cl)cc1C(=O)Cc1ccccc1. The number of benzene rings is 3. The molecule has 0 saturated heterocycles. The van der Waals surface area contributed by atoms with Crippen molar-refractivity contribution in [1.82, 2.24) is 0 Å². The molecule has 2 atom stereocenters. The first-order valence-corrected chi connectivity index (χ1v) is 11.6. The molecule has 1 aliphatic rings. The van der Waals surface area contributed by atoms with E-state index in [9.17, 15) is 14.0 Å². The third-order valence-corrected chi connectivity index (χ3v) is 7.38. The van der Waals surface area contributed by atoms with Gasteiger partial charge in [0.15, 0.2) is 5.78 Å². The second kappa shape index (κ2) is 9.27. The van der Waals surface area contributed by atoms with Crippen molar-refractivity contribution in [2.24, 2.45) is 5.92 Å². The molecule has 170 valence electrons. The van der Waals surface area contributed by atoms with Crippen LogP contribution in [0.5, 0.6) is 0 Å². The maximum absolute atomic E-state index is 13.5. The number of rotatable bonds is 6. The minimum atomic E-state index is -1.37. The van der Waals surface area contributed by atoms with Crippen LogP contribution in [0.2, 0.25) is 10.0 Å². The monoisotopic (exact) mass is 523 g/mol. The molecule has 1 amide bonds. The van der Waals surface area contributed by atoms with Crippen LogP contribution in [0, 0.1) is 18.7 Å². The summed E-state index contributed by atoms with van der Waals surface area (Å²) < 4.78 is 12.1. The van der Waals surface area contributed by atoms with Crippen molar-refractivity contribution in [3.63, 3.8) is 0 Å². The number of nitrogens with one attached hydrogen (secondary N) is 1. The fraction of sp³-hybridized carbons (Fsp3) is 0.200. The van der Waals surface area contributed by atoms with Gasteiger partial charge in [-0.15, -0.1) is 23.2 Å². The predicted molar refractivity (Wildman–Crippen MR) is 131 cm³/mol. The van der Waals surface area contributed by atoms with Gasteiger partial charge in [-0.2, -0.15) is 0 Å². The van der Waals surface area contributed by atoms with Crippen LogP contribution in [0.15, 0.2) is 60.7 Å². The van der Waals surface area contributed by atoms with Crippen molar-refractivity contribution in [1.29, 1.82) is 0 Å². The summed E-state index contributed by atoms with van der Waals surface area (Å²) in [5.74, 6) is -2.47. The summed E-state index contributed by atoms with van der Waals surface area (Å²) in [5, 5.41) is 3.04. The molecule has 3 aromatic carbocycles. The average molecular weight is 525 g/mol. The van der Waals surface area contributed by atoms with Crippen LogP contribution < -0.4 is 5.32 Å². The molecule has 4 rings (SSSR count). The van der Waals surface area contributed by atoms with Crippen molar-refractivity contribution in [3.8, 4) is 0 Å². The molecule has 0 bridgehead atoms. The predicted octanol–water partition coefficient (Wildman–Crippen LogP) is 7.39. The van der Waals surface area contributed by atoms with Gasteiger partial charge in [0.1, 0.15) is 10.2 Å². The molecule has 1 N–H and O–H groups in total.